The number of anilines is 1. The van der Waals surface area contributed by atoms with Gasteiger partial charge in [-0.2, -0.15) is 15.3 Å². The van der Waals surface area contributed by atoms with Crippen molar-refractivity contribution in [2.45, 2.75) is 32.2 Å². The van der Waals surface area contributed by atoms with Crippen LogP contribution >= 0.6 is 0 Å². The number of nitriles is 1. The topological polar surface area (TPSA) is 123 Å². The Hall–Kier alpha value is -4.71. The summed E-state index contributed by atoms with van der Waals surface area (Å²) >= 11 is 0. The number of carbonyl (C=O) groups is 1. The number of ether oxygens (including phenoxy) is 1. The van der Waals surface area contributed by atoms with Gasteiger partial charge in [-0.1, -0.05) is 24.3 Å². The highest BCUT2D eigenvalue weighted by Crippen LogP contribution is 2.33. The Morgan fingerprint density at radius 3 is 2.62 bits per heavy atom. The van der Waals surface area contributed by atoms with Gasteiger partial charge in [0.25, 0.3) is 5.91 Å². The number of nitrogen functional groups attached to an aromatic ring is 1. The van der Waals surface area contributed by atoms with Crippen LogP contribution in [0.2, 0.25) is 0 Å². The Morgan fingerprint density at radius 1 is 1.10 bits per heavy atom. The molecule has 4 aromatic rings. The van der Waals surface area contributed by atoms with Gasteiger partial charge in [0.2, 0.25) is 5.95 Å². The maximum absolute atomic E-state index is 13.0. The smallest absolute Gasteiger partial charge is 0.264 e. The minimum Gasteiger partial charge on any atom is -0.457 e. The van der Waals surface area contributed by atoms with Crippen LogP contribution in [0, 0.1) is 23.2 Å². The molecule has 2 aliphatic rings. The number of rotatable bonds is 7. The number of likely N-dealkylation sites (tertiary alicyclic amines) is 1. The Bertz CT molecular complexity index is 1570. The van der Waals surface area contributed by atoms with E-state index in [0.29, 0.717) is 31.2 Å². The third-order valence-electron chi connectivity index (χ3n) is 7.23. The van der Waals surface area contributed by atoms with Crippen LogP contribution in [0.1, 0.15) is 25.7 Å². The monoisotopic (exact) mass is 519 g/mol. The number of fused-ring (bicyclic) bond motifs is 1. The summed E-state index contributed by atoms with van der Waals surface area (Å²) in [5.74, 6) is 2.08. The lowest BCUT2D eigenvalue weighted by molar-refractivity contribution is -0.128. The number of aromatic nitrogens is 4. The highest BCUT2D eigenvalue weighted by molar-refractivity contribution is 5.97. The third-order valence-corrected chi connectivity index (χ3v) is 7.23. The van der Waals surface area contributed by atoms with Crippen LogP contribution in [-0.2, 0) is 11.3 Å². The van der Waals surface area contributed by atoms with Gasteiger partial charge in [0.15, 0.2) is 5.65 Å². The van der Waals surface area contributed by atoms with E-state index in [9.17, 15) is 10.1 Å². The number of nitrogens with zero attached hydrogens (tertiary/aromatic N) is 6. The van der Waals surface area contributed by atoms with Crippen LogP contribution in [0.15, 0.2) is 72.4 Å². The van der Waals surface area contributed by atoms with Crippen molar-refractivity contribution in [2.75, 3.05) is 18.8 Å². The van der Waals surface area contributed by atoms with Crippen molar-refractivity contribution >= 4 is 22.9 Å². The predicted octanol–water partition coefficient (Wildman–Crippen LogP) is 4.97. The lowest BCUT2D eigenvalue weighted by Gasteiger charge is -2.32. The van der Waals surface area contributed by atoms with Gasteiger partial charge in [-0.3, -0.25) is 4.79 Å². The van der Waals surface area contributed by atoms with Gasteiger partial charge in [-0.25, -0.2) is 9.67 Å². The number of nitrogens with two attached hydrogens (primary N) is 1. The maximum Gasteiger partial charge on any atom is 0.264 e. The molecule has 2 aromatic heterocycles. The zero-order chi connectivity index (χ0) is 26.8. The molecule has 1 unspecified atom stereocenters. The predicted molar refractivity (Wildman–Crippen MR) is 147 cm³/mol. The molecule has 0 bridgehead atoms. The van der Waals surface area contributed by atoms with Crippen LogP contribution in [-0.4, -0.2) is 43.6 Å². The number of benzene rings is 2. The number of amides is 1. The lowest BCUT2D eigenvalue weighted by atomic mass is 9.97. The quantitative estimate of drug-likeness (QED) is 0.270. The van der Waals surface area contributed by atoms with Gasteiger partial charge >= 0.3 is 0 Å². The van der Waals surface area contributed by atoms with Gasteiger partial charge < -0.3 is 15.4 Å². The minimum absolute atomic E-state index is 0.163. The van der Waals surface area contributed by atoms with E-state index in [2.05, 4.69) is 16.0 Å². The Balaban J connectivity index is 1.23. The van der Waals surface area contributed by atoms with Crippen molar-refractivity contribution in [3.05, 3.63) is 72.4 Å². The molecule has 6 rings (SSSR count). The maximum atomic E-state index is 13.0. The van der Waals surface area contributed by atoms with Crippen molar-refractivity contribution in [3.63, 3.8) is 0 Å². The number of piperidine rings is 1. The Kier molecular flexibility index (Phi) is 6.68. The molecule has 3 heterocycles. The van der Waals surface area contributed by atoms with Crippen molar-refractivity contribution in [2.24, 2.45) is 11.8 Å². The number of hydrogen-bond donors (Lipinski definition) is 1. The van der Waals surface area contributed by atoms with E-state index < -0.39 is 0 Å². The standard InChI is InChI=1S/C30H29N7O2/c31-16-23(15-20-8-9-20)29(38)36-14-4-5-21(18-36)19-37-28-26(17-33-30(32)34-28)27(35-37)22-10-12-25(13-11-22)39-24-6-2-1-3-7-24/h1-3,6-7,10-13,15,17,20-21H,4-5,8-9,14,18-19H2,(H2,32,33,34). The first-order valence-corrected chi connectivity index (χ1v) is 13.3. The summed E-state index contributed by atoms with van der Waals surface area (Å²) in [5, 5.41) is 15.3. The Labute approximate surface area is 226 Å². The molecule has 1 saturated heterocycles. The van der Waals surface area contributed by atoms with E-state index in [1.54, 1.807) is 6.20 Å². The van der Waals surface area contributed by atoms with Gasteiger partial charge in [-0.05, 0) is 73.9 Å². The van der Waals surface area contributed by atoms with Crippen molar-refractivity contribution in [1.29, 1.82) is 5.26 Å². The molecule has 196 valence electrons. The molecule has 1 aliphatic carbocycles. The fourth-order valence-corrected chi connectivity index (χ4v) is 5.09. The summed E-state index contributed by atoms with van der Waals surface area (Å²) in [7, 11) is 0. The van der Waals surface area contributed by atoms with Crippen LogP contribution in [0.4, 0.5) is 5.95 Å². The fourth-order valence-electron chi connectivity index (χ4n) is 5.09. The molecule has 1 aliphatic heterocycles. The summed E-state index contributed by atoms with van der Waals surface area (Å²) in [6.07, 6.45) is 7.51. The van der Waals surface area contributed by atoms with Crippen molar-refractivity contribution in [1.82, 2.24) is 24.6 Å². The molecule has 9 heteroatoms. The van der Waals surface area contributed by atoms with Crippen LogP contribution in [0.3, 0.4) is 0 Å². The Morgan fingerprint density at radius 2 is 1.87 bits per heavy atom. The summed E-state index contributed by atoms with van der Waals surface area (Å²) in [6.45, 7) is 1.82. The van der Waals surface area contributed by atoms with E-state index in [1.807, 2.05) is 70.3 Å². The first-order valence-electron chi connectivity index (χ1n) is 13.3. The van der Waals surface area contributed by atoms with E-state index in [-0.39, 0.29) is 23.3 Å². The largest absolute Gasteiger partial charge is 0.457 e. The van der Waals surface area contributed by atoms with Crippen LogP contribution in [0.25, 0.3) is 22.3 Å². The first kappa shape index (κ1) is 24.6. The normalized spacial score (nSPS) is 17.7. The fraction of sp³-hybridized carbons (Fsp3) is 0.300. The summed E-state index contributed by atoms with van der Waals surface area (Å²) < 4.78 is 7.81. The molecule has 1 amide bonds. The highest BCUT2D eigenvalue weighted by atomic mass is 16.5. The highest BCUT2D eigenvalue weighted by Gasteiger charge is 2.29. The zero-order valence-electron chi connectivity index (χ0n) is 21.5. The molecule has 39 heavy (non-hydrogen) atoms. The molecule has 1 saturated carbocycles. The zero-order valence-corrected chi connectivity index (χ0v) is 21.5. The van der Waals surface area contributed by atoms with E-state index in [1.165, 1.54) is 0 Å². The molecule has 0 radical (unpaired) electrons. The third kappa shape index (κ3) is 5.46. The van der Waals surface area contributed by atoms with E-state index >= 15 is 0 Å². The van der Waals surface area contributed by atoms with Gasteiger partial charge in [0.05, 0.1) is 5.39 Å². The lowest BCUT2D eigenvalue weighted by Crippen LogP contribution is -2.41. The molecule has 0 spiro atoms. The summed E-state index contributed by atoms with van der Waals surface area (Å²) in [6, 6.07) is 19.5. The van der Waals surface area contributed by atoms with Gasteiger partial charge in [-0.15, -0.1) is 0 Å². The first-order chi connectivity index (χ1) is 19.1. The van der Waals surface area contributed by atoms with Gasteiger partial charge in [0.1, 0.15) is 28.8 Å². The van der Waals surface area contributed by atoms with Crippen molar-refractivity contribution < 1.29 is 9.53 Å². The average Bonchev–Trinajstić information content (AvgIpc) is 3.73. The second-order valence-electron chi connectivity index (χ2n) is 10.2. The van der Waals surface area contributed by atoms with Crippen LogP contribution < -0.4 is 10.5 Å². The second kappa shape index (κ2) is 10.6. The number of para-hydroxylation sites is 1. The minimum atomic E-state index is -0.163. The molecule has 9 nitrogen and oxygen atoms in total. The molecular formula is C30H29N7O2. The van der Waals surface area contributed by atoms with Gasteiger partial charge in [0, 0.05) is 31.4 Å². The van der Waals surface area contributed by atoms with E-state index in [0.717, 1.165) is 53.8 Å². The number of carbonyl (C=O) groups excluding carboxylic acids is 1. The number of hydrogen-bond acceptors (Lipinski definition) is 7. The second-order valence-corrected chi connectivity index (χ2v) is 10.2. The molecular weight excluding hydrogens is 490 g/mol. The van der Waals surface area contributed by atoms with E-state index in [4.69, 9.17) is 15.6 Å². The average molecular weight is 520 g/mol. The number of allylic oxidation sites excluding steroid dienone is 1. The van der Waals surface area contributed by atoms with Crippen molar-refractivity contribution in [3.8, 4) is 28.8 Å². The summed E-state index contributed by atoms with van der Waals surface area (Å²) in [5.41, 5.74) is 8.56. The SMILES string of the molecule is N#CC(=CC1CC1)C(=O)N1CCCC(Cn2nc(-c3ccc(Oc4ccccc4)cc3)c3cnc(N)nc32)C1. The van der Waals surface area contributed by atoms with Crippen LogP contribution in [0.5, 0.6) is 11.5 Å². The molecule has 2 N–H and O–H groups in total. The molecule has 1 atom stereocenters. The molecule has 2 fully saturated rings. The summed E-state index contributed by atoms with van der Waals surface area (Å²) in [4.78, 5) is 23.6. The molecule has 2 aromatic carbocycles.